The lowest BCUT2D eigenvalue weighted by Gasteiger charge is -2.18. The van der Waals surface area contributed by atoms with Gasteiger partial charge >= 0.3 is 5.97 Å². The largest absolute Gasteiger partial charge is 0.493 e. The van der Waals surface area contributed by atoms with Crippen molar-refractivity contribution in [3.8, 4) is 22.6 Å². The number of carboxylic acids is 1. The lowest BCUT2D eigenvalue weighted by Crippen LogP contribution is -2.19. The predicted octanol–water partition coefficient (Wildman–Crippen LogP) is 3.40. The van der Waals surface area contributed by atoms with E-state index in [1.807, 2.05) is 0 Å². The van der Waals surface area contributed by atoms with Crippen LogP contribution in [0.1, 0.15) is 40.4 Å². The Kier molecular flexibility index (Phi) is 5.90. The van der Waals surface area contributed by atoms with Gasteiger partial charge in [-0.15, -0.1) is 0 Å². The highest BCUT2D eigenvalue weighted by Gasteiger charge is 2.28. The van der Waals surface area contributed by atoms with Crippen molar-refractivity contribution in [2.75, 3.05) is 25.7 Å². The molecule has 1 aliphatic carbocycles. The molecular weight excluding hydrogens is 481 g/mol. The number of methoxy groups -OCH3 is 2. The van der Waals surface area contributed by atoms with E-state index in [0.717, 1.165) is 18.9 Å². The van der Waals surface area contributed by atoms with Crippen LogP contribution < -0.4 is 26.4 Å². The van der Waals surface area contributed by atoms with Crippen LogP contribution in [0.2, 0.25) is 0 Å². The summed E-state index contributed by atoms with van der Waals surface area (Å²) in [6.45, 7) is 0. The number of hydrogen-bond acceptors (Lipinski definition) is 8. The number of carboxylic acid groups (broad SMARTS) is 1. The van der Waals surface area contributed by atoms with E-state index in [-0.39, 0.29) is 28.8 Å². The zero-order valence-electron chi connectivity index (χ0n) is 20.1. The molecule has 37 heavy (non-hydrogen) atoms. The van der Waals surface area contributed by atoms with Gasteiger partial charge in [0.2, 0.25) is 11.4 Å². The Labute approximate surface area is 210 Å². The highest BCUT2D eigenvalue weighted by molar-refractivity contribution is 5.94. The first kappa shape index (κ1) is 24.0. The Balaban J connectivity index is 1.73. The summed E-state index contributed by atoms with van der Waals surface area (Å²) in [5.41, 5.74) is 12.8. The summed E-state index contributed by atoms with van der Waals surface area (Å²) in [4.78, 5) is 32.5. The Morgan fingerprint density at radius 3 is 2.54 bits per heavy atom. The first-order valence-corrected chi connectivity index (χ1v) is 11.5. The molecule has 5 N–H and O–H groups in total. The third-order valence-electron chi connectivity index (χ3n) is 6.43. The van der Waals surface area contributed by atoms with Gasteiger partial charge in [0, 0.05) is 46.9 Å². The van der Waals surface area contributed by atoms with Gasteiger partial charge < -0.3 is 30.6 Å². The van der Waals surface area contributed by atoms with Crippen LogP contribution in [0.15, 0.2) is 41.5 Å². The molecular formula is C26H24FN5O5. The summed E-state index contributed by atoms with van der Waals surface area (Å²) >= 11 is 0. The first-order chi connectivity index (χ1) is 17.7. The summed E-state index contributed by atoms with van der Waals surface area (Å²) in [5, 5.41) is 9.51. The van der Waals surface area contributed by atoms with Gasteiger partial charge in [0.1, 0.15) is 17.2 Å². The number of rotatable bonds is 7. The number of nitrogen functional groups attached to an aromatic ring is 2. The molecule has 1 saturated carbocycles. The summed E-state index contributed by atoms with van der Waals surface area (Å²) in [7, 11) is 2.92. The minimum Gasteiger partial charge on any atom is -0.493 e. The molecule has 1 fully saturated rings. The number of nitrogens with zero attached hydrogens (tertiary/aromatic N) is 3. The Morgan fingerprint density at radius 2 is 1.92 bits per heavy atom. The van der Waals surface area contributed by atoms with E-state index in [1.54, 1.807) is 22.8 Å². The lowest BCUT2D eigenvalue weighted by molar-refractivity contribution is 0.0695. The second-order valence-electron chi connectivity index (χ2n) is 8.86. The van der Waals surface area contributed by atoms with Crippen LogP contribution in [0.5, 0.6) is 11.5 Å². The quantitative estimate of drug-likeness (QED) is 0.343. The molecule has 1 aliphatic rings. The normalized spacial score (nSPS) is 13.1. The molecule has 0 unspecified atom stereocenters. The number of anilines is 2. The molecule has 0 aliphatic heterocycles. The number of hydrogen-bond donors (Lipinski definition) is 3. The average molecular weight is 506 g/mol. The number of nitrogens with two attached hydrogens (primary N) is 2. The molecule has 0 radical (unpaired) electrons. The second-order valence-corrected chi connectivity index (χ2v) is 8.86. The molecule has 5 rings (SSSR count). The maximum atomic E-state index is 15.6. The van der Waals surface area contributed by atoms with Crippen molar-refractivity contribution in [1.82, 2.24) is 14.5 Å². The summed E-state index contributed by atoms with van der Waals surface area (Å²) in [6.07, 6.45) is 4.84. The molecule has 10 nitrogen and oxygen atoms in total. The lowest BCUT2D eigenvalue weighted by atomic mass is 9.96. The number of aromatic carboxylic acids is 1. The molecule has 0 bridgehead atoms. The van der Waals surface area contributed by atoms with Crippen molar-refractivity contribution < 1.29 is 23.8 Å². The number of pyridine rings is 1. The molecule has 11 heteroatoms. The van der Waals surface area contributed by atoms with E-state index < -0.39 is 22.8 Å². The van der Waals surface area contributed by atoms with Crippen molar-refractivity contribution in [3.05, 3.63) is 69.4 Å². The monoisotopic (exact) mass is 505 g/mol. The number of ether oxygens (including phenoxy) is 2. The van der Waals surface area contributed by atoms with Gasteiger partial charge in [0.15, 0.2) is 11.5 Å². The van der Waals surface area contributed by atoms with E-state index in [9.17, 15) is 14.7 Å². The smallest absolute Gasteiger partial charge is 0.341 e. The topological polar surface area (TPSA) is 156 Å². The number of carbonyl (C=O) groups is 1. The second kappa shape index (κ2) is 9.08. The van der Waals surface area contributed by atoms with Crippen LogP contribution in [0.4, 0.5) is 16.2 Å². The first-order valence-electron chi connectivity index (χ1n) is 11.5. The van der Waals surface area contributed by atoms with Crippen LogP contribution in [0.25, 0.3) is 22.0 Å². The fourth-order valence-electron chi connectivity index (χ4n) is 4.50. The zero-order valence-corrected chi connectivity index (χ0v) is 20.1. The summed E-state index contributed by atoms with van der Waals surface area (Å²) in [5.74, 6) is -1.11. The standard InChI is InChI=1S/C26H24FN5O5/c1-36-21-7-12(5-13-10-30-26(29)31-24(13)28)6-16(23(21)37-2)15-9-20-17(8-19(15)27)22(33)18(25(34)35)11-32(20)14-3-4-14/h6-11,14H,3-5H2,1-2H3,(H,34,35)(H4,28,29,30,31). The predicted molar refractivity (Wildman–Crippen MR) is 136 cm³/mol. The van der Waals surface area contributed by atoms with Crippen molar-refractivity contribution >= 4 is 28.6 Å². The van der Waals surface area contributed by atoms with Crippen LogP contribution in [0.3, 0.4) is 0 Å². The number of aromatic nitrogens is 3. The van der Waals surface area contributed by atoms with Gasteiger partial charge in [-0.2, -0.15) is 4.98 Å². The van der Waals surface area contributed by atoms with Gasteiger partial charge in [-0.25, -0.2) is 14.2 Å². The number of fused-ring (bicyclic) bond motifs is 1. The van der Waals surface area contributed by atoms with E-state index in [1.165, 1.54) is 26.6 Å². The van der Waals surface area contributed by atoms with E-state index in [2.05, 4.69) is 9.97 Å². The van der Waals surface area contributed by atoms with Crippen molar-refractivity contribution in [2.45, 2.75) is 25.3 Å². The molecule has 2 aromatic heterocycles. The van der Waals surface area contributed by atoms with Gasteiger partial charge in [0.25, 0.3) is 0 Å². The van der Waals surface area contributed by atoms with Gasteiger partial charge in [0.05, 0.1) is 19.7 Å². The van der Waals surface area contributed by atoms with Crippen LogP contribution in [-0.2, 0) is 6.42 Å². The van der Waals surface area contributed by atoms with Gasteiger partial charge in [-0.05, 0) is 42.7 Å². The van der Waals surface area contributed by atoms with Crippen molar-refractivity contribution in [1.29, 1.82) is 0 Å². The number of halogens is 1. The van der Waals surface area contributed by atoms with Crippen molar-refractivity contribution in [3.63, 3.8) is 0 Å². The number of benzene rings is 2. The Morgan fingerprint density at radius 1 is 1.16 bits per heavy atom. The molecule has 2 heterocycles. The van der Waals surface area contributed by atoms with Crippen LogP contribution in [-0.4, -0.2) is 39.8 Å². The molecule has 2 aromatic carbocycles. The minimum absolute atomic E-state index is 0.00179. The minimum atomic E-state index is -1.35. The molecule has 4 aromatic rings. The molecule has 0 spiro atoms. The van der Waals surface area contributed by atoms with Crippen LogP contribution in [0, 0.1) is 5.82 Å². The van der Waals surface area contributed by atoms with Gasteiger partial charge in [-0.1, -0.05) is 0 Å². The third kappa shape index (κ3) is 4.28. The summed E-state index contributed by atoms with van der Waals surface area (Å²) in [6, 6.07) is 6.17. The third-order valence-corrected chi connectivity index (χ3v) is 6.43. The maximum absolute atomic E-state index is 15.6. The maximum Gasteiger partial charge on any atom is 0.341 e. The Bertz CT molecular complexity index is 1630. The highest BCUT2D eigenvalue weighted by Crippen LogP contribution is 2.43. The fraction of sp³-hybridized carbons (Fsp3) is 0.231. The Hall–Kier alpha value is -4.67. The highest BCUT2D eigenvalue weighted by atomic mass is 19.1. The van der Waals surface area contributed by atoms with E-state index >= 15 is 4.39 Å². The molecule has 0 saturated heterocycles. The van der Waals surface area contributed by atoms with Gasteiger partial charge in [-0.3, -0.25) is 4.79 Å². The van der Waals surface area contributed by atoms with Crippen LogP contribution >= 0.6 is 0 Å². The van der Waals surface area contributed by atoms with Crippen molar-refractivity contribution in [2.24, 2.45) is 0 Å². The molecule has 0 amide bonds. The average Bonchev–Trinajstić information content (AvgIpc) is 3.70. The van der Waals surface area contributed by atoms with E-state index in [4.69, 9.17) is 20.9 Å². The molecule has 190 valence electrons. The van der Waals surface area contributed by atoms with E-state index in [0.29, 0.717) is 40.1 Å². The zero-order chi connectivity index (χ0) is 26.4. The fourth-order valence-corrected chi connectivity index (χ4v) is 4.50. The SMILES string of the molecule is COc1cc(Cc2cnc(N)nc2N)cc(-c2cc3c(cc2F)c(=O)c(C(=O)O)cn3C2CC2)c1OC. The molecule has 0 atom stereocenters. The summed E-state index contributed by atoms with van der Waals surface area (Å²) < 4.78 is 28.5.